The normalized spacial score (nSPS) is 14.4. The van der Waals surface area contributed by atoms with Gasteiger partial charge in [-0.1, -0.05) is 11.2 Å². The Morgan fingerprint density at radius 1 is 1.73 bits per heavy atom. The van der Waals surface area contributed by atoms with Gasteiger partial charge < -0.3 is 15.2 Å². The van der Waals surface area contributed by atoms with Gasteiger partial charge in [-0.3, -0.25) is 4.79 Å². The molecule has 1 aromatic rings. The lowest BCUT2D eigenvalue weighted by atomic mass is 10.1. The fourth-order valence-corrected chi connectivity index (χ4v) is 1.56. The van der Waals surface area contributed by atoms with Gasteiger partial charge in [0.05, 0.1) is 0 Å². The van der Waals surface area contributed by atoms with Crippen molar-refractivity contribution < 1.29 is 9.32 Å². The Hall–Kier alpha value is -1.62. The van der Waals surface area contributed by atoms with Crippen LogP contribution >= 0.6 is 0 Å². The van der Waals surface area contributed by atoms with Crippen molar-refractivity contribution in [2.75, 3.05) is 13.1 Å². The first-order chi connectivity index (χ1) is 7.33. The minimum Gasteiger partial charge on any atom is -0.360 e. The van der Waals surface area contributed by atoms with Crippen molar-refractivity contribution in [1.82, 2.24) is 15.8 Å². The fraction of sp³-hybridized carbons (Fsp3) is 0.400. The van der Waals surface area contributed by atoms with Gasteiger partial charge >= 0.3 is 0 Å². The molecule has 80 valence electrons. The van der Waals surface area contributed by atoms with Gasteiger partial charge in [-0.2, -0.15) is 0 Å². The lowest BCUT2D eigenvalue weighted by Gasteiger charge is -2.10. The average molecular weight is 207 g/mol. The molecule has 15 heavy (non-hydrogen) atoms. The highest BCUT2D eigenvalue weighted by molar-refractivity contribution is 5.93. The van der Waals surface area contributed by atoms with Crippen LogP contribution in [0.2, 0.25) is 0 Å². The predicted octanol–water partition coefficient (Wildman–Crippen LogP) is 0.236. The van der Waals surface area contributed by atoms with Crippen LogP contribution in [0.5, 0.6) is 0 Å². The quantitative estimate of drug-likeness (QED) is 0.696. The van der Waals surface area contributed by atoms with E-state index in [9.17, 15) is 4.79 Å². The Morgan fingerprint density at radius 3 is 3.40 bits per heavy atom. The number of amides is 1. The number of aromatic nitrogens is 1. The first kappa shape index (κ1) is 9.92. The lowest BCUT2D eigenvalue weighted by Crippen LogP contribution is -2.28. The van der Waals surface area contributed by atoms with Crippen LogP contribution in [0.15, 0.2) is 17.2 Å². The molecule has 0 spiro atoms. The summed E-state index contributed by atoms with van der Waals surface area (Å²) in [5.41, 5.74) is 1.27. The van der Waals surface area contributed by atoms with E-state index in [1.807, 2.05) is 0 Å². The molecule has 1 aliphatic rings. The van der Waals surface area contributed by atoms with Crippen LogP contribution in [0.4, 0.5) is 0 Å². The van der Waals surface area contributed by atoms with Crippen molar-refractivity contribution in [3.05, 3.63) is 29.7 Å². The summed E-state index contributed by atoms with van der Waals surface area (Å²) < 4.78 is 5.11. The van der Waals surface area contributed by atoms with Crippen LogP contribution in [0.3, 0.4) is 0 Å². The summed E-state index contributed by atoms with van der Waals surface area (Å²) in [7, 11) is 0. The number of hydrogen-bond acceptors (Lipinski definition) is 4. The van der Waals surface area contributed by atoms with E-state index in [1.165, 1.54) is 0 Å². The van der Waals surface area contributed by atoms with Crippen molar-refractivity contribution in [3.8, 4) is 0 Å². The Bertz CT molecular complexity index is 384. The first-order valence-electron chi connectivity index (χ1n) is 4.90. The van der Waals surface area contributed by atoms with Crippen molar-refractivity contribution in [2.24, 2.45) is 0 Å². The number of nitrogens with zero attached hydrogens (tertiary/aromatic N) is 1. The smallest absolute Gasteiger partial charge is 0.274 e. The largest absolute Gasteiger partial charge is 0.360 e. The van der Waals surface area contributed by atoms with Crippen molar-refractivity contribution >= 4 is 5.91 Å². The second-order valence-electron chi connectivity index (χ2n) is 3.36. The summed E-state index contributed by atoms with van der Waals surface area (Å²) in [6.45, 7) is 5.49. The molecule has 1 aromatic heterocycles. The molecule has 0 radical (unpaired) electrons. The maximum absolute atomic E-state index is 11.6. The molecule has 5 nitrogen and oxygen atoms in total. The predicted molar refractivity (Wildman–Crippen MR) is 54.4 cm³/mol. The Kier molecular flexibility index (Phi) is 2.82. The van der Waals surface area contributed by atoms with Gasteiger partial charge in [0, 0.05) is 31.6 Å². The molecule has 0 saturated heterocycles. The summed E-state index contributed by atoms with van der Waals surface area (Å²) in [4.78, 5) is 11.6. The van der Waals surface area contributed by atoms with Gasteiger partial charge in [0.15, 0.2) is 5.69 Å². The van der Waals surface area contributed by atoms with E-state index in [0.717, 1.165) is 24.3 Å². The van der Waals surface area contributed by atoms with E-state index in [-0.39, 0.29) is 5.91 Å². The third kappa shape index (κ3) is 1.92. The van der Waals surface area contributed by atoms with Crippen molar-refractivity contribution in [1.29, 1.82) is 0 Å². The SMILES string of the molecule is C=CCNC(=O)c1noc2c1CNCC2. The number of fused-ring (bicyclic) bond motifs is 1. The molecular formula is C10H13N3O2. The standard InChI is InChI=1S/C10H13N3O2/c1-2-4-12-10(14)9-7-6-11-5-3-8(7)15-13-9/h2,11H,1,3-6H2,(H,12,14). The van der Waals surface area contributed by atoms with Crippen LogP contribution in [0.1, 0.15) is 21.8 Å². The minimum atomic E-state index is -0.205. The molecule has 2 heterocycles. The molecule has 0 aliphatic carbocycles. The molecule has 1 amide bonds. The van der Waals surface area contributed by atoms with Crippen LogP contribution in [0.25, 0.3) is 0 Å². The third-order valence-electron chi connectivity index (χ3n) is 2.32. The highest BCUT2D eigenvalue weighted by Gasteiger charge is 2.23. The van der Waals surface area contributed by atoms with E-state index in [2.05, 4.69) is 22.4 Å². The lowest BCUT2D eigenvalue weighted by molar-refractivity contribution is 0.0948. The van der Waals surface area contributed by atoms with Gasteiger partial charge in [-0.25, -0.2) is 0 Å². The highest BCUT2D eigenvalue weighted by atomic mass is 16.5. The second kappa shape index (κ2) is 4.27. The van der Waals surface area contributed by atoms with Crippen LogP contribution in [-0.2, 0) is 13.0 Å². The Morgan fingerprint density at radius 2 is 2.60 bits per heavy atom. The molecule has 0 saturated carbocycles. The van der Waals surface area contributed by atoms with E-state index in [1.54, 1.807) is 6.08 Å². The zero-order chi connectivity index (χ0) is 10.7. The van der Waals surface area contributed by atoms with E-state index in [0.29, 0.717) is 18.8 Å². The second-order valence-corrected chi connectivity index (χ2v) is 3.36. The van der Waals surface area contributed by atoms with Crippen molar-refractivity contribution in [3.63, 3.8) is 0 Å². The summed E-state index contributed by atoms with van der Waals surface area (Å²) in [6.07, 6.45) is 2.42. The molecule has 1 aliphatic heterocycles. The Balaban J connectivity index is 2.17. The zero-order valence-corrected chi connectivity index (χ0v) is 8.38. The fourth-order valence-electron chi connectivity index (χ4n) is 1.56. The Labute approximate surface area is 87.5 Å². The number of nitrogens with one attached hydrogen (secondary N) is 2. The summed E-state index contributed by atoms with van der Waals surface area (Å²) >= 11 is 0. The molecule has 5 heteroatoms. The van der Waals surface area contributed by atoms with Gasteiger partial charge in [0.25, 0.3) is 5.91 Å². The number of hydrogen-bond donors (Lipinski definition) is 2. The molecule has 2 N–H and O–H groups in total. The van der Waals surface area contributed by atoms with E-state index < -0.39 is 0 Å². The molecule has 0 atom stereocenters. The first-order valence-corrected chi connectivity index (χ1v) is 4.90. The maximum atomic E-state index is 11.6. The van der Waals surface area contributed by atoms with Gasteiger partial charge in [-0.05, 0) is 0 Å². The summed E-state index contributed by atoms with van der Waals surface area (Å²) in [5, 5.41) is 9.65. The van der Waals surface area contributed by atoms with Gasteiger partial charge in [0.2, 0.25) is 0 Å². The topological polar surface area (TPSA) is 67.2 Å². The van der Waals surface area contributed by atoms with E-state index in [4.69, 9.17) is 4.52 Å². The average Bonchev–Trinajstić information content (AvgIpc) is 2.69. The van der Waals surface area contributed by atoms with Gasteiger partial charge in [-0.15, -0.1) is 6.58 Å². The summed E-state index contributed by atoms with van der Waals surface area (Å²) in [5.74, 6) is 0.612. The summed E-state index contributed by atoms with van der Waals surface area (Å²) in [6, 6.07) is 0. The zero-order valence-electron chi connectivity index (χ0n) is 8.38. The molecule has 0 bridgehead atoms. The molecule has 0 fully saturated rings. The maximum Gasteiger partial charge on any atom is 0.274 e. The monoisotopic (exact) mass is 207 g/mol. The molecule has 2 rings (SSSR count). The number of rotatable bonds is 3. The number of carbonyl (C=O) groups excluding carboxylic acids is 1. The highest BCUT2D eigenvalue weighted by Crippen LogP contribution is 2.17. The van der Waals surface area contributed by atoms with Crippen molar-refractivity contribution in [2.45, 2.75) is 13.0 Å². The van der Waals surface area contributed by atoms with E-state index >= 15 is 0 Å². The third-order valence-corrected chi connectivity index (χ3v) is 2.32. The van der Waals surface area contributed by atoms with Crippen LogP contribution < -0.4 is 10.6 Å². The number of carbonyl (C=O) groups is 1. The van der Waals surface area contributed by atoms with Gasteiger partial charge in [0.1, 0.15) is 5.76 Å². The minimum absolute atomic E-state index is 0.205. The van der Waals surface area contributed by atoms with Crippen LogP contribution in [0, 0.1) is 0 Å². The molecule has 0 unspecified atom stereocenters. The molecular weight excluding hydrogens is 194 g/mol. The van der Waals surface area contributed by atoms with Crippen LogP contribution in [-0.4, -0.2) is 24.2 Å². The molecule has 0 aromatic carbocycles.